The highest BCUT2D eigenvalue weighted by atomic mass is 16.5. The van der Waals surface area contributed by atoms with Gasteiger partial charge in [-0.3, -0.25) is 0 Å². The average Bonchev–Trinajstić information content (AvgIpc) is 2.45. The Morgan fingerprint density at radius 3 is 2.38 bits per heavy atom. The van der Waals surface area contributed by atoms with Crippen molar-refractivity contribution >= 4 is 12.0 Å². The van der Waals surface area contributed by atoms with Gasteiger partial charge >= 0.3 is 12.0 Å². The first-order valence-corrected chi connectivity index (χ1v) is 6.90. The molecule has 1 atom stereocenters. The number of benzene rings is 1. The number of carbonyl (C=O) groups is 2. The number of ether oxygens (including phenoxy) is 1. The van der Waals surface area contributed by atoms with Crippen LogP contribution < -0.4 is 10.6 Å². The Morgan fingerprint density at radius 2 is 1.86 bits per heavy atom. The first kappa shape index (κ1) is 15.1. The lowest BCUT2D eigenvalue weighted by molar-refractivity contribution is -0.136. The fourth-order valence-electron chi connectivity index (χ4n) is 2.40. The van der Waals surface area contributed by atoms with Crippen molar-refractivity contribution in [2.24, 2.45) is 0 Å². The van der Waals surface area contributed by atoms with E-state index in [1.165, 1.54) is 12.7 Å². The van der Waals surface area contributed by atoms with Crippen LogP contribution in [-0.4, -0.2) is 19.1 Å². The Bertz CT molecular complexity index is 588. The number of nitrogens with one attached hydrogen (secondary N) is 2. The van der Waals surface area contributed by atoms with E-state index in [1.54, 1.807) is 6.92 Å². The zero-order chi connectivity index (χ0) is 15.6. The molecule has 0 spiro atoms. The van der Waals surface area contributed by atoms with Gasteiger partial charge < -0.3 is 15.4 Å². The molecule has 0 aromatic heterocycles. The molecule has 0 saturated carbocycles. The summed E-state index contributed by atoms with van der Waals surface area (Å²) in [5, 5.41) is 5.37. The van der Waals surface area contributed by atoms with Crippen LogP contribution in [-0.2, 0) is 9.53 Å². The van der Waals surface area contributed by atoms with Gasteiger partial charge in [0.25, 0.3) is 0 Å². The standard InChI is InChI=1S/C16H20N2O3/c1-9(2)11-5-7-12(8-6-11)14-13(15(19)21-4)10(3)17-16(20)18-14/h5-9,14H,1-4H3,(H2,17,18,20). The maximum atomic E-state index is 12.0. The summed E-state index contributed by atoms with van der Waals surface area (Å²) < 4.78 is 4.82. The van der Waals surface area contributed by atoms with Crippen LogP contribution in [0.2, 0.25) is 0 Å². The van der Waals surface area contributed by atoms with Crippen molar-refractivity contribution < 1.29 is 14.3 Å². The van der Waals surface area contributed by atoms with Crippen LogP contribution >= 0.6 is 0 Å². The van der Waals surface area contributed by atoms with Crippen LogP contribution in [0.1, 0.15) is 43.9 Å². The van der Waals surface area contributed by atoms with Crippen LogP contribution in [0.3, 0.4) is 0 Å². The zero-order valence-corrected chi connectivity index (χ0v) is 12.7. The van der Waals surface area contributed by atoms with Crippen molar-refractivity contribution in [1.82, 2.24) is 10.6 Å². The highest BCUT2D eigenvalue weighted by molar-refractivity contribution is 5.94. The first-order chi connectivity index (χ1) is 9.93. The minimum Gasteiger partial charge on any atom is -0.466 e. The zero-order valence-electron chi connectivity index (χ0n) is 12.7. The molecule has 1 aromatic carbocycles. The van der Waals surface area contributed by atoms with E-state index in [9.17, 15) is 9.59 Å². The lowest BCUT2D eigenvalue weighted by atomic mass is 9.93. The van der Waals surface area contributed by atoms with Crippen molar-refractivity contribution in [3.63, 3.8) is 0 Å². The summed E-state index contributed by atoms with van der Waals surface area (Å²) in [5.41, 5.74) is 3.01. The minimum atomic E-state index is -0.493. The fourth-order valence-corrected chi connectivity index (χ4v) is 2.40. The molecule has 21 heavy (non-hydrogen) atoms. The van der Waals surface area contributed by atoms with Gasteiger partial charge in [-0.1, -0.05) is 38.1 Å². The second-order valence-electron chi connectivity index (χ2n) is 5.38. The van der Waals surface area contributed by atoms with Gasteiger partial charge in [-0.2, -0.15) is 0 Å². The molecule has 0 radical (unpaired) electrons. The van der Waals surface area contributed by atoms with Crippen molar-refractivity contribution in [2.75, 3.05) is 7.11 Å². The molecule has 2 rings (SSSR count). The molecule has 0 saturated heterocycles. The number of urea groups is 1. The topological polar surface area (TPSA) is 67.4 Å². The summed E-state index contributed by atoms with van der Waals surface area (Å²) in [6.45, 7) is 5.93. The molecule has 5 heteroatoms. The summed E-state index contributed by atoms with van der Waals surface area (Å²) >= 11 is 0. The Balaban J connectivity index is 2.41. The van der Waals surface area contributed by atoms with Crippen molar-refractivity contribution in [3.8, 4) is 0 Å². The fraction of sp³-hybridized carbons (Fsp3) is 0.375. The Hall–Kier alpha value is -2.30. The molecule has 0 fully saturated rings. The second-order valence-corrected chi connectivity index (χ2v) is 5.38. The predicted molar refractivity (Wildman–Crippen MR) is 79.7 cm³/mol. The maximum absolute atomic E-state index is 12.0. The number of allylic oxidation sites excluding steroid dienone is 1. The van der Waals surface area contributed by atoms with Crippen LogP contribution in [0.25, 0.3) is 0 Å². The third kappa shape index (κ3) is 3.07. The van der Waals surface area contributed by atoms with Gasteiger partial charge in [0.2, 0.25) is 0 Å². The molecule has 1 aliphatic heterocycles. The number of hydrogen-bond donors (Lipinski definition) is 2. The summed E-state index contributed by atoms with van der Waals surface area (Å²) in [4.78, 5) is 23.7. The molecule has 112 valence electrons. The molecule has 1 heterocycles. The molecule has 1 aromatic rings. The molecular weight excluding hydrogens is 268 g/mol. The number of hydrogen-bond acceptors (Lipinski definition) is 3. The quantitative estimate of drug-likeness (QED) is 0.840. The van der Waals surface area contributed by atoms with Gasteiger partial charge in [-0.25, -0.2) is 9.59 Å². The van der Waals surface area contributed by atoms with Gasteiger partial charge in [0.1, 0.15) is 0 Å². The maximum Gasteiger partial charge on any atom is 0.337 e. The third-order valence-corrected chi connectivity index (χ3v) is 3.61. The van der Waals surface area contributed by atoms with Crippen LogP contribution in [0.5, 0.6) is 0 Å². The largest absolute Gasteiger partial charge is 0.466 e. The monoisotopic (exact) mass is 288 g/mol. The highest BCUT2D eigenvalue weighted by Crippen LogP contribution is 2.28. The number of carbonyl (C=O) groups excluding carboxylic acids is 2. The first-order valence-electron chi connectivity index (χ1n) is 6.90. The van der Waals surface area contributed by atoms with Gasteiger partial charge in [-0.15, -0.1) is 0 Å². The van der Waals surface area contributed by atoms with E-state index in [4.69, 9.17) is 4.74 Å². The normalized spacial score (nSPS) is 18.3. The Kier molecular flexibility index (Phi) is 4.31. The number of esters is 1. The van der Waals surface area contributed by atoms with Crippen LogP contribution in [0, 0.1) is 0 Å². The van der Waals surface area contributed by atoms with E-state index in [-0.39, 0.29) is 6.03 Å². The Morgan fingerprint density at radius 1 is 1.24 bits per heavy atom. The van der Waals surface area contributed by atoms with E-state index in [1.807, 2.05) is 24.3 Å². The van der Waals surface area contributed by atoms with Crippen LogP contribution in [0.4, 0.5) is 4.79 Å². The van der Waals surface area contributed by atoms with Gasteiger partial charge in [0.05, 0.1) is 18.7 Å². The lowest BCUT2D eigenvalue weighted by Gasteiger charge is -2.28. The number of rotatable bonds is 3. The lowest BCUT2D eigenvalue weighted by Crippen LogP contribution is -2.45. The third-order valence-electron chi connectivity index (χ3n) is 3.61. The molecule has 1 unspecified atom stereocenters. The molecule has 0 bridgehead atoms. The van der Waals surface area contributed by atoms with Crippen molar-refractivity contribution in [1.29, 1.82) is 0 Å². The van der Waals surface area contributed by atoms with E-state index >= 15 is 0 Å². The van der Waals surface area contributed by atoms with E-state index in [2.05, 4.69) is 24.5 Å². The van der Waals surface area contributed by atoms with Gasteiger partial charge in [-0.05, 0) is 24.0 Å². The summed E-state index contributed by atoms with van der Waals surface area (Å²) in [6.07, 6.45) is 0. The molecule has 2 N–H and O–H groups in total. The van der Waals surface area contributed by atoms with E-state index in [0.717, 1.165) is 5.56 Å². The molecule has 5 nitrogen and oxygen atoms in total. The SMILES string of the molecule is COC(=O)C1=C(C)NC(=O)NC1c1ccc(C(C)C)cc1. The Labute approximate surface area is 124 Å². The van der Waals surface area contributed by atoms with Crippen LogP contribution in [0.15, 0.2) is 35.5 Å². The van der Waals surface area contributed by atoms with Crippen molar-refractivity contribution in [3.05, 3.63) is 46.7 Å². The molecule has 1 aliphatic rings. The van der Waals surface area contributed by atoms with E-state index in [0.29, 0.717) is 17.2 Å². The second kappa shape index (κ2) is 5.99. The van der Waals surface area contributed by atoms with Gasteiger partial charge in [0, 0.05) is 5.70 Å². The van der Waals surface area contributed by atoms with E-state index < -0.39 is 12.0 Å². The smallest absolute Gasteiger partial charge is 0.337 e. The molecule has 0 aliphatic carbocycles. The molecule has 2 amide bonds. The number of methoxy groups -OCH3 is 1. The summed E-state index contributed by atoms with van der Waals surface area (Å²) in [7, 11) is 1.33. The minimum absolute atomic E-state index is 0.321. The summed E-state index contributed by atoms with van der Waals surface area (Å²) in [5.74, 6) is -0.0167. The predicted octanol–water partition coefficient (Wildman–Crippen LogP) is 2.61. The molecular formula is C16H20N2O3. The van der Waals surface area contributed by atoms with Crippen molar-refractivity contribution in [2.45, 2.75) is 32.7 Å². The van der Waals surface area contributed by atoms with Gasteiger partial charge in [0.15, 0.2) is 0 Å². The number of amides is 2. The summed E-state index contributed by atoms with van der Waals surface area (Å²) in [6, 6.07) is 7.08. The average molecular weight is 288 g/mol. The highest BCUT2D eigenvalue weighted by Gasteiger charge is 2.31.